The number of aromatic nitrogens is 1. The quantitative estimate of drug-likeness (QED) is 0.436. The number of fused-ring (bicyclic) bond motifs is 1. The molecule has 1 N–H and O–H groups in total. The highest BCUT2D eigenvalue weighted by atomic mass is 32.2. The lowest BCUT2D eigenvalue weighted by molar-refractivity contribution is -0.136. The van der Waals surface area contributed by atoms with Gasteiger partial charge in [-0.05, 0) is 49.3 Å². The van der Waals surface area contributed by atoms with Crippen molar-refractivity contribution in [2.75, 3.05) is 17.6 Å². The Bertz CT molecular complexity index is 957. The molecule has 0 spiro atoms. The lowest BCUT2D eigenvalue weighted by atomic mass is 10.2. The highest BCUT2D eigenvalue weighted by Crippen LogP contribution is 2.27. The zero-order chi connectivity index (χ0) is 20.1. The number of rotatable bonds is 7. The molecular formula is C22H23N3O2S2. The monoisotopic (exact) mass is 425 g/mol. The molecule has 0 aliphatic carbocycles. The minimum atomic E-state index is -0.392. The summed E-state index contributed by atoms with van der Waals surface area (Å²) in [7, 11) is 0. The molecule has 29 heavy (non-hydrogen) atoms. The van der Waals surface area contributed by atoms with Crippen molar-refractivity contribution >= 4 is 50.3 Å². The van der Waals surface area contributed by atoms with Gasteiger partial charge in [0.05, 0.1) is 10.2 Å². The first-order valence-corrected chi connectivity index (χ1v) is 11.6. The van der Waals surface area contributed by atoms with Crippen molar-refractivity contribution in [2.45, 2.75) is 36.6 Å². The summed E-state index contributed by atoms with van der Waals surface area (Å²) in [4.78, 5) is 32.9. The van der Waals surface area contributed by atoms with E-state index in [4.69, 9.17) is 0 Å². The fraction of sp³-hybridized carbons (Fsp3) is 0.318. The highest BCUT2D eigenvalue weighted by Gasteiger charge is 2.34. The summed E-state index contributed by atoms with van der Waals surface area (Å²) in [6, 6.07) is 17.6. The lowest BCUT2D eigenvalue weighted by Gasteiger charge is -2.23. The maximum atomic E-state index is 12.8. The van der Waals surface area contributed by atoms with Crippen molar-refractivity contribution in [1.82, 2.24) is 9.88 Å². The second-order valence-corrected chi connectivity index (χ2v) is 9.19. The van der Waals surface area contributed by atoms with Gasteiger partial charge in [0.25, 0.3) is 0 Å². The first kappa shape index (κ1) is 19.9. The third kappa shape index (κ3) is 4.97. The predicted octanol–water partition coefficient (Wildman–Crippen LogP) is 4.80. The average molecular weight is 426 g/mol. The van der Waals surface area contributed by atoms with E-state index in [0.717, 1.165) is 28.8 Å². The number of carbonyl (C=O) groups is 2. The SMILES string of the molecule is O=C(Nc1nc2ccccc2s1)[C@H]1CCCN1C(=O)CCCSc1ccccc1. The number of para-hydroxylation sites is 1. The molecule has 3 aromatic rings. The van der Waals surface area contributed by atoms with Gasteiger partial charge in [0, 0.05) is 17.9 Å². The van der Waals surface area contributed by atoms with Gasteiger partial charge in [-0.3, -0.25) is 9.59 Å². The number of anilines is 1. The molecule has 1 aliphatic rings. The van der Waals surface area contributed by atoms with Crippen molar-refractivity contribution in [3.63, 3.8) is 0 Å². The number of likely N-dealkylation sites (tertiary alicyclic amines) is 1. The third-order valence-electron chi connectivity index (χ3n) is 4.95. The van der Waals surface area contributed by atoms with Gasteiger partial charge >= 0.3 is 0 Å². The molecule has 5 nitrogen and oxygen atoms in total. The van der Waals surface area contributed by atoms with E-state index in [1.807, 2.05) is 42.5 Å². The summed E-state index contributed by atoms with van der Waals surface area (Å²) < 4.78 is 1.04. The number of benzene rings is 2. The summed E-state index contributed by atoms with van der Waals surface area (Å²) in [5.41, 5.74) is 0.878. The maximum Gasteiger partial charge on any atom is 0.248 e. The van der Waals surface area contributed by atoms with Crippen molar-refractivity contribution in [3.8, 4) is 0 Å². The maximum absolute atomic E-state index is 12.8. The Labute approximate surface area is 178 Å². The van der Waals surface area contributed by atoms with E-state index >= 15 is 0 Å². The van der Waals surface area contributed by atoms with E-state index in [0.29, 0.717) is 24.5 Å². The van der Waals surface area contributed by atoms with Gasteiger partial charge in [0.15, 0.2) is 5.13 Å². The number of nitrogens with zero attached hydrogens (tertiary/aromatic N) is 2. The van der Waals surface area contributed by atoms with E-state index in [-0.39, 0.29) is 11.8 Å². The molecule has 1 aliphatic heterocycles. The molecule has 0 bridgehead atoms. The van der Waals surface area contributed by atoms with Crippen LogP contribution < -0.4 is 5.32 Å². The largest absolute Gasteiger partial charge is 0.331 e. The Kier molecular flexibility index (Phi) is 6.46. The standard InChI is InChI=1S/C22H23N3O2S2/c26-20(13-7-15-28-16-8-2-1-3-9-16)25-14-6-11-18(25)21(27)24-22-23-17-10-4-5-12-19(17)29-22/h1-5,8-10,12,18H,6-7,11,13-15H2,(H,23,24,27)/t18-/m1/s1. The van der Waals surface area contributed by atoms with Crippen LogP contribution in [0.2, 0.25) is 0 Å². The highest BCUT2D eigenvalue weighted by molar-refractivity contribution is 7.99. The minimum Gasteiger partial charge on any atom is -0.331 e. The number of hydrogen-bond acceptors (Lipinski definition) is 5. The second-order valence-electron chi connectivity index (χ2n) is 6.99. The summed E-state index contributed by atoms with van der Waals surface area (Å²) in [5, 5.41) is 3.51. The molecule has 1 saturated heterocycles. The number of thiazole rings is 1. The smallest absolute Gasteiger partial charge is 0.248 e. The Morgan fingerprint density at radius 1 is 1.14 bits per heavy atom. The number of nitrogens with one attached hydrogen (secondary N) is 1. The van der Waals surface area contributed by atoms with Crippen molar-refractivity contribution in [2.24, 2.45) is 0 Å². The molecule has 2 amide bonds. The molecule has 1 aromatic heterocycles. The molecule has 0 saturated carbocycles. The lowest BCUT2D eigenvalue weighted by Crippen LogP contribution is -2.43. The predicted molar refractivity (Wildman–Crippen MR) is 119 cm³/mol. The van der Waals surface area contributed by atoms with Gasteiger partial charge in [0.1, 0.15) is 6.04 Å². The minimum absolute atomic E-state index is 0.0700. The van der Waals surface area contributed by atoms with Gasteiger partial charge in [-0.25, -0.2) is 4.98 Å². The number of hydrogen-bond donors (Lipinski definition) is 1. The van der Waals surface area contributed by atoms with E-state index in [1.165, 1.54) is 16.2 Å². The molecule has 1 atom stereocenters. The van der Waals surface area contributed by atoms with Crippen LogP contribution in [0.15, 0.2) is 59.5 Å². The van der Waals surface area contributed by atoms with E-state index in [1.54, 1.807) is 16.7 Å². The topological polar surface area (TPSA) is 62.3 Å². The molecule has 1 fully saturated rings. The molecule has 150 valence electrons. The summed E-state index contributed by atoms with van der Waals surface area (Å²) >= 11 is 3.22. The Balaban J connectivity index is 1.29. The Hall–Kier alpha value is -2.38. The van der Waals surface area contributed by atoms with Crippen LogP contribution in [-0.2, 0) is 9.59 Å². The normalized spacial score (nSPS) is 16.3. The summed E-state index contributed by atoms with van der Waals surface area (Å²) in [6.45, 7) is 0.655. The van der Waals surface area contributed by atoms with E-state index in [9.17, 15) is 9.59 Å². The molecular weight excluding hydrogens is 402 g/mol. The average Bonchev–Trinajstić information content (AvgIpc) is 3.38. The first-order chi connectivity index (χ1) is 14.2. The van der Waals surface area contributed by atoms with Crippen molar-refractivity contribution in [3.05, 3.63) is 54.6 Å². The number of amides is 2. The van der Waals surface area contributed by atoms with Crippen LogP contribution >= 0.6 is 23.1 Å². The molecule has 0 unspecified atom stereocenters. The van der Waals surface area contributed by atoms with E-state index in [2.05, 4.69) is 22.4 Å². The van der Waals surface area contributed by atoms with Gasteiger partial charge in [-0.2, -0.15) is 0 Å². The Morgan fingerprint density at radius 3 is 2.76 bits per heavy atom. The molecule has 0 radical (unpaired) electrons. The number of carbonyl (C=O) groups excluding carboxylic acids is 2. The van der Waals surface area contributed by atoms with Gasteiger partial charge < -0.3 is 10.2 Å². The Morgan fingerprint density at radius 2 is 1.93 bits per heavy atom. The van der Waals surface area contributed by atoms with Crippen molar-refractivity contribution in [1.29, 1.82) is 0 Å². The zero-order valence-corrected chi connectivity index (χ0v) is 17.7. The fourth-order valence-corrected chi connectivity index (χ4v) is 5.27. The van der Waals surface area contributed by atoms with Crippen LogP contribution in [0.5, 0.6) is 0 Å². The van der Waals surface area contributed by atoms with Crippen LogP contribution in [0.4, 0.5) is 5.13 Å². The molecule has 7 heteroatoms. The third-order valence-corrected chi connectivity index (χ3v) is 7.00. The zero-order valence-electron chi connectivity index (χ0n) is 16.0. The van der Waals surface area contributed by atoms with E-state index < -0.39 is 6.04 Å². The second kappa shape index (κ2) is 9.41. The first-order valence-electron chi connectivity index (χ1n) is 9.84. The molecule has 4 rings (SSSR count). The van der Waals surface area contributed by atoms with Crippen LogP contribution in [0.25, 0.3) is 10.2 Å². The molecule has 2 heterocycles. The number of thioether (sulfide) groups is 1. The van der Waals surface area contributed by atoms with Gasteiger partial charge in [-0.15, -0.1) is 11.8 Å². The van der Waals surface area contributed by atoms with Crippen LogP contribution in [-0.4, -0.2) is 40.0 Å². The summed E-state index contributed by atoms with van der Waals surface area (Å²) in [5.74, 6) is 0.834. The van der Waals surface area contributed by atoms with Gasteiger partial charge in [-0.1, -0.05) is 41.7 Å². The van der Waals surface area contributed by atoms with Gasteiger partial charge in [0.2, 0.25) is 11.8 Å². The fourth-order valence-electron chi connectivity index (χ4n) is 3.53. The van der Waals surface area contributed by atoms with Crippen LogP contribution in [0, 0.1) is 0 Å². The summed E-state index contributed by atoms with van der Waals surface area (Å²) in [6.07, 6.45) is 2.86. The van der Waals surface area contributed by atoms with Crippen molar-refractivity contribution < 1.29 is 9.59 Å². The molecule has 2 aromatic carbocycles. The van der Waals surface area contributed by atoms with Crippen LogP contribution in [0.3, 0.4) is 0 Å². The van der Waals surface area contributed by atoms with Crippen LogP contribution in [0.1, 0.15) is 25.7 Å².